The number of carbonyl (C=O) groups is 1. The molecule has 2 aromatic rings. The molecular weight excluding hydrogens is 326 g/mol. The topological polar surface area (TPSA) is 70.6 Å². The van der Waals surface area contributed by atoms with Crippen molar-refractivity contribution in [1.29, 1.82) is 0 Å². The van der Waals surface area contributed by atoms with Crippen LogP contribution < -0.4 is 5.32 Å². The van der Waals surface area contributed by atoms with Crippen LogP contribution in [-0.4, -0.2) is 63.8 Å². The van der Waals surface area contributed by atoms with Crippen LogP contribution in [0.25, 0.3) is 11.0 Å². The summed E-state index contributed by atoms with van der Waals surface area (Å²) < 4.78 is 5.02. The molecular formula is C16H19N5O2S. The van der Waals surface area contributed by atoms with Gasteiger partial charge in [-0.05, 0) is 37.3 Å². The van der Waals surface area contributed by atoms with Crippen LogP contribution in [0.2, 0.25) is 0 Å². The number of nitrogens with zero attached hydrogens (tertiary/aromatic N) is 4. The fraction of sp³-hybridized carbons (Fsp3) is 0.375. The van der Waals surface area contributed by atoms with Crippen molar-refractivity contribution in [2.45, 2.75) is 6.92 Å². The Kier molecular flexibility index (Phi) is 5.05. The molecule has 3 rings (SSSR count). The van der Waals surface area contributed by atoms with Crippen LogP contribution in [0.15, 0.2) is 30.6 Å². The number of ether oxygens (including phenoxy) is 1. The standard InChI is InChI=1S/C16H19N5O2S/c1-2-23-16(22)21-9-7-20(8-10-21)15(24)19-12-3-4-13-14(11-12)18-6-5-17-13/h3-6,11H,2,7-10H2,1H3,(H,19,24). The van der Waals surface area contributed by atoms with Crippen molar-refractivity contribution in [3.63, 3.8) is 0 Å². The Bertz CT molecular complexity index is 746. The SMILES string of the molecule is CCOC(=O)N1CCN(C(=S)Nc2ccc3nccnc3c2)CC1. The van der Waals surface area contributed by atoms with Gasteiger partial charge in [-0.25, -0.2) is 4.79 Å². The van der Waals surface area contributed by atoms with Crippen LogP contribution in [0.1, 0.15) is 6.92 Å². The fourth-order valence-electron chi connectivity index (χ4n) is 2.55. The Morgan fingerprint density at radius 3 is 2.54 bits per heavy atom. The molecule has 1 fully saturated rings. The Morgan fingerprint density at radius 2 is 1.83 bits per heavy atom. The Labute approximate surface area is 145 Å². The van der Waals surface area contributed by atoms with Gasteiger partial charge in [-0.15, -0.1) is 0 Å². The van der Waals surface area contributed by atoms with E-state index >= 15 is 0 Å². The van der Waals surface area contributed by atoms with Gasteiger partial charge < -0.3 is 19.9 Å². The number of piperazine rings is 1. The van der Waals surface area contributed by atoms with E-state index in [0.29, 0.717) is 37.9 Å². The predicted molar refractivity (Wildman–Crippen MR) is 95.9 cm³/mol. The van der Waals surface area contributed by atoms with E-state index < -0.39 is 0 Å². The molecule has 0 saturated carbocycles. The van der Waals surface area contributed by atoms with E-state index in [1.165, 1.54) is 0 Å². The first-order valence-corrected chi connectivity index (χ1v) is 8.26. The van der Waals surface area contributed by atoms with Crippen molar-refractivity contribution in [3.05, 3.63) is 30.6 Å². The molecule has 126 valence electrons. The molecule has 0 spiro atoms. The highest BCUT2D eigenvalue weighted by atomic mass is 32.1. The lowest BCUT2D eigenvalue weighted by Crippen LogP contribution is -2.51. The monoisotopic (exact) mass is 345 g/mol. The molecule has 1 N–H and O–H groups in total. The lowest BCUT2D eigenvalue weighted by molar-refractivity contribution is 0.0923. The van der Waals surface area contributed by atoms with E-state index in [2.05, 4.69) is 15.3 Å². The van der Waals surface area contributed by atoms with Crippen molar-refractivity contribution in [3.8, 4) is 0 Å². The summed E-state index contributed by atoms with van der Waals surface area (Å²) in [6, 6.07) is 5.76. The molecule has 1 aliphatic rings. The molecule has 0 bridgehead atoms. The predicted octanol–water partition coefficient (Wildman–Crippen LogP) is 2.10. The Hall–Kier alpha value is -2.48. The minimum absolute atomic E-state index is 0.260. The highest BCUT2D eigenvalue weighted by Crippen LogP contribution is 2.16. The van der Waals surface area contributed by atoms with Gasteiger partial charge in [0.1, 0.15) is 0 Å². The number of aromatic nitrogens is 2. The quantitative estimate of drug-likeness (QED) is 0.836. The normalized spacial score (nSPS) is 14.5. The summed E-state index contributed by atoms with van der Waals surface area (Å²) in [7, 11) is 0. The number of hydrogen-bond donors (Lipinski definition) is 1. The van der Waals surface area contributed by atoms with Crippen molar-refractivity contribution in [2.75, 3.05) is 38.1 Å². The highest BCUT2D eigenvalue weighted by molar-refractivity contribution is 7.80. The van der Waals surface area contributed by atoms with Gasteiger partial charge in [0.15, 0.2) is 5.11 Å². The van der Waals surface area contributed by atoms with Gasteiger partial charge in [-0.2, -0.15) is 0 Å². The van der Waals surface area contributed by atoms with Gasteiger partial charge in [-0.1, -0.05) is 0 Å². The molecule has 1 aromatic carbocycles. The van der Waals surface area contributed by atoms with E-state index in [4.69, 9.17) is 17.0 Å². The van der Waals surface area contributed by atoms with E-state index in [1.54, 1.807) is 24.2 Å². The number of fused-ring (bicyclic) bond motifs is 1. The number of nitrogens with one attached hydrogen (secondary N) is 1. The van der Waals surface area contributed by atoms with Gasteiger partial charge in [0, 0.05) is 44.3 Å². The van der Waals surface area contributed by atoms with Gasteiger partial charge in [0.25, 0.3) is 0 Å². The lowest BCUT2D eigenvalue weighted by atomic mass is 10.2. The average Bonchev–Trinajstić information content (AvgIpc) is 2.62. The van der Waals surface area contributed by atoms with Gasteiger partial charge in [0.2, 0.25) is 0 Å². The van der Waals surface area contributed by atoms with Crippen LogP contribution in [0.3, 0.4) is 0 Å². The van der Waals surface area contributed by atoms with Crippen LogP contribution in [-0.2, 0) is 4.74 Å². The molecule has 8 heteroatoms. The van der Waals surface area contributed by atoms with E-state index in [0.717, 1.165) is 16.7 Å². The number of hydrogen-bond acceptors (Lipinski definition) is 5. The van der Waals surface area contributed by atoms with Crippen molar-refractivity contribution in [1.82, 2.24) is 19.8 Å². The number of amides is 1. The Morgan fingerprint density at radius 1 is 1.17 bits per heavy atom. The van der Waals surface area contributed by atoms with Gasteiger partial charge >= 0.3 is 6.09 Å². The second-order valence-corrected chi connectivity index (χ2v) is 5.75. The van der Waals surface area contributed by atoms with Crippen molar-refractivity contribution >= 4 is 40.1 Å². The zero-order chi connectivity index (χ0) is 16.9. The minimum atomic E-state index is -0.260. The zero-order valence-corrected chi connectivity index (χ0v) is 14.3. The van der Waals surface area contributed by atoms with E-state index in [1.807, 2.05) is 23.1 Å². The highest BCUT2D eigenvalue weighted by Gasteiger charge is 2.23. The third-order valence-corrected chi connectivity index (χ3v) is 4.17. The average molecular weight is 345 g/mol. The third kappa shape index (κ3) is 3.70. The smallest absolute Gasteiger partial charge is 0.409 e. The first-order chi connectivity index (χ1) is 11.7. The maximum Gasteiger partial charge on any atom is 0.409 e. The van der Waals surface area contributed by atoms with E-state index in [-0.39, 0.29) is 6.09 Å². The maximum atomic E-state index is 11.7. The van der Waals surface area contributed by atoms with Crippen molar-refractivity contribution in [2.24, 2.45) is 0 Å². The molecule has 0 aliphatic carbocycles. The molecule has 1 aliphatic heterocycles. The molecule has 0 unspecified atom stereocenters. The summed E-state index contributed by atoms with van der Waals surface area (Å²) >= 11 is 5.48. The van der Waals surface area contributed by atoms with Crippen LogP contribution in [0.5, 0.6) is 0 Å². The molecule has 24 heavy (non-hydrogen) atoms. The summed E-state index contributed by atoms with van der Waals surface area (Å²) in [5, 5.41) is 3.87. The number of thiocarbonyl (C=S) groups is 1. The first-order valence-electron chi connectivity index (χ1n) is 7.86. The van der Waals surface area contributed by atoms with Crippen LogP contribution >= 0.6 is 12.2 Å². The number of anilines is 1. The van der Waals surface area contributed by atoms with E-state index in [9.17, 15) is 4.79 Å². The van der Waals surface area contributed by atoms with Gasteiger partial charge in [0.05, 0.1) is 17.6 Å². The number of benzene rings is 1. The first kappa shape index (κ1) is 16.4. The maximum absolute atomic E-state index is 11.7. The second-order valence-electron chi connectivity index (χ2n) is 5.36. The van der Waals surface area contributed by atoms with Crippen LogP contribution in [0.4, 0.5) is 10.5 Å². The molecule has 2 heterocycles. The summed E-state index contributed by atoms with van der Waals surface area (Å²) in [6.45, 7) is 4.76. The fourth-order valence-corrected chi connectivity index (χ4v) is 2.85. The molecule has 7 nitrogen and oxygen atoms in total. The zero-order valence-electron chi connectivity index (χ0n) is 13.4. The van der Waals surface area contributed by atoms with Gasteiger partial charge in [-0.3, -0.25) is 9.97 Å². The molecule has 1 amide bonds. The van der Waals surface area contributed by atoms with Crippen LogP contribution in [0, 0.1) is 0 Å². The summed E-state index contributed by atoms with van der Waals surface area (Å²) in [6.07, 6.45) is 3.08. The second kappa shape index (κ2) is 7.39. The summed E-state index contributed by atoms with van der Waals surface area (Å²) in [4.78, 5) is 24.0. The van der Waals surface area contributed by atoms with Crippen molar-refractivity contribution < 1.29 is 9.53 Å². The third-order valence-electron chi connectivity index (χ3n) is 3.81. The minimum Gasteiger partial charge on any atom is -0.450 e. The summed E-state index contributed by atoms with van der Waals surface area (Å²) in [5.74, 6) is 0. The number of carbonyl (C=O) groups excluding carboxylic acids is 1. The molecule has 0 atom stereocenters. The molecule has 0 radical (unpaired) electrons. The molecule has 1 aromatic heterocycles. The molecule has 1 saturated heterocycles. The lowest BCUT2D eigenvalue weighted by Gasteiger charge is -2.35. The Balaban J connectivity index is 1.58. The summed E-state index contributed by atoms with van der Waals surface area (Å²) in [5.41, 5.74) is 2.54. The number of rotatable bonds is 2. The largest absolute Gasteiger partial charge is 0.450 e.